The van der Waals surface area contributed by atoms with Gasteiger partial charge in [0.2, 0.25) is 0 Å². The van der Waals surface area contributed by atoms with Gasteiger partial charge in [0.25, 0.3) is 11.8 Å². The maximum Gasteiger partial charge on any atom is 0.256 e. The molecule has 1 saturated carbocycles. The zero-order chi connectivity index (χ0) is 31.2. The molecule has 3 aliphatic rings. The number of benzene rings is 2. The van der Waals surface area contributed by atoms with E-state index in [2.05, 4.69) is 15.6 Å². The Morgan fingerprint density at radius 1 is 1.00 bits per heavy atom. The molecule has 2 aromatic carbocycles. The Bertz CT molecular complexity index is 1740. The second-order valence-electron chi connectivity index (χ2n) is 11.9. The van der Waals surface area contributed by atoms with E-state index >= 15 is 0 Å². The number of nitrogens with zero attached hydrogens (tertiary/aromatic N) is 1. The molecule has 0 atom stereocenters. The lowest BCUT2D eigenvalue weighted by Crippen LogP contribution is -2.45. The highest BCUT2D eigenvalue weighted by atomic mass is 32.2. The SMILES string of the molecule is COc1cc(CS(=O)(=O)c2ccc3c(c2)/C(=C/c2[nH]c(C)c(C(=O)N4CCC(NC5CC5)CC4)c2C)C(=O)N3)cc(OC)c1. The summed E-state index contributed by atoms with van der Waals surface area (Å²) < 4.78 is 37.6. The number of likely N-dealkylation sites (tertiary alicyclic amines) is 1. The van der Waals surface area contributed by atoms with Crippen molar-refractivity contribution in [3.63, 3.8) is 0 Å². The van der Waals surface area contributed by atoms with Crippen LogP contribution in [0.15, 0.2) is 41.3 Å². The highest BCUT2D eigenvalue weighted by Gasteiger charge is 2.31. The topological polar surface area (TPSA) is 130 Å². The first-order chi connectivity index (χ1) is 21.1. The van der Waals surface area contributed by atoms with Crippen molar-refractivity contribution >= 4 is 39.0 Å². The highest BCUT2D eigenvalue weighted by Crippen LogP contribution is 2.37. The van der Waals surface area contributed by atoms with Crippen LogP contribution in [0.1, 0.15) is 64.1 Å². The number of rotatable bonds is 9. The maximum atomic E-state index is 13.6. The second kappa shape index (κ2) is 11.8. The van der Waals surface area contributed by atoms with E-state index in [0.29, 0.717) is 70.3 Å². The van der Waals surface area contributed by atoms with Gasteiger partial charge >= 0.3 is 0 Å². The van der Waals surface area contributed by atoms with Gasteiger partial charge in [0, 0.05) is 53.9 Å². The van der Waals surface area contributed by atoms with E-state index in [1.165, 1.54) is 39.2 Å². The Balaban J connectivity index is 1.25. The maximum absolute atomic E-state index is 13.6. The number of anilines is 1. The molecule has 0 radical (unpaired) electrons. The molecule has 2 fully saturated rings. The van der Waals surface area contributed by atoms with E-state index in [1.807, 2.05) is 18.7 Å². The molecule has 0 spiro atoms. The predicted molar refractivity (Wildman–Crippen MR) is 169 cm³/mol. The minimum Gasteiger partial charge on any atom is -0.497 e. The van der Waals surface area contributed by atoms with E-state index < -0.39 is 9.84 Å². The number of nitrogens with one attached hydrogen (secondary N) is 3. The first-order valence-electron chi connectivity index (χ1n) is 14.9. The Kier molecular flexibility index (Phi) is 8.02. The van der Waals surface area contributed by atoms with Crippen LogP contribution in [-0.4, -0.2) is 69.5 Å². The highest BCUT2D eigenvalue weighted by molar-refractivity contribution is 7.90. The summed E-state index contributed by atoms with van der Waals surface area (Å²) in [6.07, 6.45) is 6.08. The third kappa shape index (κ3) is 5.98. The van der Waals surface area contributed by atoms with Crippen molar-refractivity contribution in [2.75, 3.05) is 32.6 Å². The summed E-state index contributed by atoms with van der Waals surface area (Å²) >= 11 is 0. The lowest BCUT2D eigenvalue weighted by molar-refractivity contribution is -0.110. The molecule has 2 amide bonds. The number of hydrogen-bond donors (Lipinski definition) is 3. The van der Waals surface area contributed by atoms with E-state index in [0.717, 1.165) is 24.1 Å². The summed E-state index contributed by atoms with van der Waals surface area (Å²) in [5, 5.41) is 6.50. The number of fused-ring (bicyclic) bond motifs is 1. The number of aromatic amines is 1. The number of carbonyl (C=O) groups is 2. The molecule has 6 rings (SSSR count). The quantitative estimate of drug-likeness (QED) is 0.302. The number of carbonyl (C=O) groups excluding carboxylic acids is 2. The molecule has 1 saturated heterocycles. The fourth-order valence-corrected chi connectivity index (χ4v) is 7.48. The number of ether oxygens (including phenoxy) is 2. The summed E-state index contributed by atoms with van der Waals surface area (Å²) in [6.45, 7) is 5.16. The monoisotopic (exact) mass is 618 g/mol. The van der Waals surface area contributed by atoms with Crippen LogP contribution in [0, 0.1) is 13.8 Å². The van der Waals surface area contributed by atoms with Gasteiger partial charge in [-0.25, -0.2) is 8.42 Å². The molecule has 11 heteroatoms. The van der Waals surface area contributed by atoms with E-state index in [9.17, 15) is 18.0 Å². The number of hydrogen-bond acceptors (Lipinski definition) is 7. The molecule has 3 heterocycles. The van der Waals surface area contributed by atoms with Crippen LogP contribution >= 0.6 is 0 Å². The number of amides is 2. The van der Waals surface area contributed by atoms with Gasteiger partial charge in [0.05, 0.1) is 36.0 Å². The minimum absolute atomic E-state index is 0.00963. The molecular formula is C33H38N4O6S. The number of methoxy groups -OCH3 is 2. The zero-order valence-corrected chi connectivity index (χ0v) is 26.3. The number of aryl methyl sites for hydroxylation is 1. The Morgan fingerprint density at radius 3 is 2.30 bits per heavy atom. The van der Waals surface area contributed by atoms with Gasteiger partial charge in [-0.3, -0.25) is 9.59 Å². The van der Waals surface area contributed by atoms with Gasteiger partial charge in [-0.05, 0) is 87.1 Å². The van der Waals surface area contributed by atoms with Crippen molar-refractivity contribution in [1.29, 1.82) is 0 Å². The molecule has 1 aromatic heterocycles. The van der Waals surface area contributed by atoms with E-state index in [1.54, 1.807) is 30.3 Å². The summed E-state index contributed by atoms with van der Waals surface area (Å²) in [5.74, 6) is 0.371. The normalized spacial score (nSPS) is 18.0. The summed E-state index contributed by atoms with van der Waals surface area (Å²) in [4.78, 5) is 32.0. The van der Waals surface area contributed by atoms with Gasteiger partial charge < -0.3 is 30.0 Å². The number of sulfone groups is 1. The number of aromatic nitrogens is 1. The Hall–Kier alpha value is -4.09. The van der Waals surface area contributed by atoms with E-state index in [-0.39, 0.29) is 22.5 Å². The van der Waals surface area contributed by atoms with Gasteiger partial charge in [-0.2, -0.15) is 0 Å². The van der Waals surface area contributed by atoms with Crippen molar-refractivity contribution in [3.05, 3.63) is 70.0 Å². The molecule has 10 nitrogen and oxygen atoms in total. The fourth-order valence-electron chi connectivity index (χ4n) is 6.13. The van der Waals surface area contributed by atoms with Crippen molar-refractivity contribution in [3.8, 4) is 11.5 Å². The molecule has 0 bridgehead atoms. The van der Waals surface area contributed by atoms with Gasteiger partial charge in [-0.1, -0.05) is 0 Å². The standard InChI is InChI=1S/C33H38N4O6S/c1-19-30(34-20(2)31(19)33(39)37-11-9-23(10-12-37)35-22-5-6-22)17-28-27-16-26(7-8-29(27)36-32(28)38)44(40,41)18-21-13-24(42-3)15-25(14-21)43-4/h7-8,13-17,22-23,34-35H,5-6,9-12,18H2,1-4H3,(H,36,38)/b28-17-. The Morgan fingerprint density at radius 2 is 1.66 bits per heavy atom. The third-order valence-electron chi connectivity index (χ3n) is 8.71. The summed E-state index contributed by atoms with van der Waals surface area (Å²) in [7, 11) is -0.765. The minimum atomic E-state index is -3.78. The molecular weight excluding hydrogens is 580 g/mol. The molecule has 44 heavy (non-hydrogen) atoms. The summed E-state index contributed by atoms with van der Waals surface area (Å²) in [6, 6.07) is 10.8. The van der Waals surface area contributed by atoms with Crippen molar-refractivity contribution in [2.45, 2.75) is 62.3 Å². The predicted octanol–water partition coefficient (Wildman–Crippen LogP) is 4.47. The average Bonchev–Trinajstić information content (AvgIpc) is 3.70. The van der Waals surface area contributed by atoms with Crippen molar-refractivity contribution in [1.82, 2.24) is 15.2 Å². The lowest BCUT2D eigenvalue weighted by Gasteiger charge is -2.32. The van der Waals surface area contributed by atoms with Crippen LogP contribution in [-0.2, 0) is 20.4 Å². The summed E-state index contributed by atoms with van der Waals surface area (Å²) in [5.41, 5.74) is 4.63. The smallest absolute Gasteiger partial charge is 0.256 e. The van der Waals surface area contributed by atoms with E-state index in [4.69, 9.17) is 9.47 Å². The third-order valence-corrected chi connectivity index (χ3v) is 10.4. The number of piperidine rings is 1. The van der Waals surface area contributed by atoms with Crippen molar-refractivity contribution < 1.29 is 27.5 Å². The van der Waals surface area contributed by atoms with Crippen LogP contribution < -0.4 is 20.1 Å². The van der Waals surface area contributed by atoms with Gasteiger partial charge in [0.1, 0.15) is 11.5 Å². The van der Waals surface area contributed by atoms with Gasteiger partial charge in [-0.15, -0.1) is 0 Å². The first-order valence-corrected chi connectivity index (χ1v) is 16.6. The van der Waals surface area contributed by atoms with Gasteiger partial charge in [0.15, 0.2) is 9.84 Å². The van der Waals surface area contributed by atoms with Crippen LogP contribution in [0.2, 0.25) is 0 Å². The van der Waals surface area contributed by atoms with Crippen LogP contribution in [0.3, 0.4) is 0 Å². The number of H-pyrrole nitrogens is 1. The molecule has 3 aromatic rings. The fraction of sp³-hybridized carbons (Fsp3) is 0.394. The zero-order valence-electron chi connectivity index (χ0n) is 25.5. The van der Waals surface area contributed by atoms with Crippen LogP contribution in [0.4, 0.5) is 5.69 Å². The molecule has 232 valence electrons. The molecule has 1 aliphatic carbocycles. The average molecular weight is 619 g/mol. The molecule has 0 unspecified atom stereocenters. The molecule has 2 aliphatic heterocycles. The van der Waals surface area contributed by atoms with Crippen molar-refractivity contribution in [2.24, 2.45) is 0 Å². The van der Waals surface area contributed by atoms with Crippen LogP contribution in [0.25, 0.3) is 11.6 Å². The first kappa shape index (κ1) is 30.0. The molecule has 3 N–H and O–H groups in total. The Labute approximate surface area is 257 Å². The lowest BCUT2D eigenvalue weighted by atomic mass is 10.0. The second-order valence-corrected chi connectivity index (χ2v) is 13.9. The largest absolute Gasteiger partial charge is 0.497 e. The van der Waals surface area contributed by atoms with Crippen LogP contribution in [0.5, 0.6) is 11.5 Å².